The van der Waals surface area contributed by atoms with Gasteiger partial charge in [0, 0.05) is 39.3 Å². The first kappa shape index (κ1) is 16.1. The van der Waals surface area contributed by atoms with Crippen LogP contribution in [0.2, 0.25) is 0 Å². The van der Waals surface area contributed by atoms with Gasteiger partial charge in [-0.15, -0.1) is 0 Å². The normalized spacial score (nSPS) is 18.0. The summed E-state index contributed by atoms with van der Waals surface area (Å²) in [7, 11) is 0. The van der Waals surface area contributed by atoms with Crippen molar-refractivity contribution in [1.29, 1.82) is 0 Å². The van der Waals surface area contributed by atoms with E-state index in [9.17, 15) is 5.11 Å². The molecule has 1 fully saturated rings. The van der Waals surface area contributed by atoms with E-state index in [1.54, 1.807) is 0 Å². The average Bonchev–Trinajstić information content (AvgIpc) is 2.48. The van der Waals surface area contributed by atoms with Crippen LogP contribution in [0.3, 0.4) is 0 Å². The first-order valence-corrected chi connectivity index (χ1v) is 7.71. The highest BCUT2D eigenvalue weighted by Gasteiger charge is 2.21. The van der Waals surface area contributed by atoms with Crippen molar-refractivity contribution in [3.05, 3.63) is 24.3 Å². The predicted octanol–water partition coefficient (Wildman–Crippen LogP) is 0.915. The van der Waals surface area contributed by atoms with Crippen LogP contribution in [-0.2, 0) is 0 Å². The molecule has 1 aromatic rings. The van der Waals surface area contributed by atoms with Gasteiger partial charge < -0.3 is 20.5 Å². The summed E-state index contributed by atoms with van der Waals surface area (Å²) in [6.45, 7) is 8.83. The molecule has 2 rings (SSSR count). The minimum atomic E-state index is -0.423. The van der Waals surface area contributed by atoms with Gasteiger partial charge >= 0.3 is 0 Å². The molecule has 0 unspecified atom stereocenters. The maximum atomic E-state index is 9.64. The molecule has 0 amide bonds. The predicted molar refractivity (Wildman–Crippen MR) is 85.9 cm³/mol. The van der Waals surface area contributed by atoms with Crippen LogP contribution in [0, 0.1) is 0 Å². The summed E-state index contributed by atoms with van der Waals surface area (Å²) in [6, 6.07) is 8.20. The van der Waals surface area contributed by atoms with Crippen molar-refractivity contribution in [2.75, 3.05) is 44.2 Å². The lowest BCUT2D eigenvalue weighted by molar-refractivity contribution is 0.115. The fraction of sp³-hybridized carbons (Fsp3) is 0.625. The molecule has 1 aliphatic heterocycles. The Morgan fingerprint density at radius 3 is 2.48 bits per heavy atom. The number of ether oxygens (including phenoxy) is 1. The maximum Gasteiger partial charge on any atom is 0.142 e. The second-order valence-corrected chi connectivity index (χ2v) is 5.81. The van der Waals surface area contributed by atoms with Crippen molar-refractivity contribution in [3.63, 3.8) is 0 Å². The molecule has 0 spiro atoms. The SMILES string of the molecule is CC(C)Oc1ccccc1N1CCN(C[C@@H](O)CN)CC1. The van der Waals surface area contributed by atoms with E-state index >= 15 is 0 Å². The van der Waals surface area contributed by atoms with Crippen LogP contribution in [0.15, 0.2) is 24.3 Å². The van der Waals surface area contributed by atoms with Crippen LogP contribution >= 0.6 is 0 Å². The average molecular weight is 293 g/mol. The number of piperazine rings is 1. The zero-order valence-electron chi connectivity index (χ0n) is 13.0. The molecule has 5 nitrogen and oxygen atoms in total. The van der Waals surface area contributed by atoms with Gasteiger partial charge in [0.2, 0.25) is 0 Å². The Kier molecular flexibility index (Phi) is 5.85. The standard InChI is InChI=1S/C16H27N3O2/c1-13(2)21-16-6-4-3-5-15(16)19-9-7-18(8-10-19)12-14(20)11-17/h3-6,13-14,20H,7-12,17H2,1-2H3/t14-/m0/s1. The third-order valence-electron chi connectivity index (χ3n) is 3.68. The van der Waals surface area contributed by atoms with Gasteiger partial charge in [-0.3, -0.25) is 4.90 Å². The molecule has 1 saturated heterocycles. The molecule has 1 aromatic carbocycles. The molecule has 0 aliphatic carbocycles. The lowest BCUT2D eigenvalue weighted by Gasteiger charge is -2.37. The number of para-hydroxylation sites is 2. The molecule has 21 heavy (non-hydrogen) atoms. The molecular weight excluding hydrogens is 266 g/mol. The van der Waals surface area contributed by atoms with Gasteiger partial charge in [-0.2, -0.15) is 0 Å². The van der Waals surface area contributed by atoms with Crippen LogP contribution < -0.4 is 15.4 Å². The molecule has 1 heterocycles. The first-order chi connectivity index (χ1) is 10.1. The third-order valence-corrected chi connectivity index (χ3v) is 3.68. The number of rotatable bonds is 6. The monoisotopic (exact) mass is 293 g/mol. The lowest BCUT2D eigenvalue weighted by Crippen LogP contribution is -2.49. The number of hydrogen-bond acceptors (Lipinski definition) is 5. The van der Waals surface area contributed by atoms with Gasteiger partial charge in [0.15, 0.2) is 0 Å². The Hall–Kier alpha value is -1.30. The number of β-amino-alcohol motifs (C(OH)–C–C–N with tert-alkyl or cyclic N) is 1. The highest BCUT2D eigenvalue weighted by atomic mass is 16.5. The van der Waals surface area contributed by atoms with E-state index < -0.39 is 6.10 Å². The maximum absolute atomic E-state index is 9.64. The van der Waals surface area contributed by atoms with Gasteiger partial charge in [-0.25, -0.2) is 0 Å². The van der Waals surface area contributed by atoms with Crippen molar-refractivity contribution in [2.24, 2.45) is 5.73 Å². The number of benzene rings is 1. The van der Waals surface area contributed by atoms with E-state index in [0.717, 1.165) is 37.6 Å². The minimum Gasteiger partial charge on any atom is -0.489 e. The van der Waals surface area contributed by atoms with Crippen molar-refractivity contribution in [3.8, 4) is 5.75 Å². The van der Waals surface area contributed by atoms with Gasteiger partial charge in [-0.05, 0) is 26.0 Å². The highest BCUT2D eigenvalue weighted by molar-refractivity contribution is 5.58. The summed E-state index contributed by atoms with van der Waals surface area (Å²) < 4.78 is 5.90. The zero-order chi connectivity index (χ0) is 15.2. The molecule has 1 atom stereocenters. The summed E-state index contributed by atoms with van der Waals surface area (Å²) in [5.74, 6) is 0.947. The van der Waals surface area contributed by atoms with Crippen LogP contribution in [0.4, 0.5) is 5.69 Å². The van der Waals surface area contributed by atoms with Crippen molar-refractivity contribution in [1.82, 2.24) is 4.90 Å². The Morgan fingerprint density at radius 1 is 1.19 bits per heavy atom. The Morgan fingerprint density at radius 2 is 1.86 bits per heavy atom. The van der Waals surface area contributed by atoms with E-state index in [0.29, 0.717) is 13.1 Å². The van der Waals surface area contributed by atoms with Crippen LogP contribution in [0.5, 0.6) is 5.75 Å². The lowest BCUT2D eigenvalue weighted by atomic mass is 10.2. The van der Waals surface area contributed by atoms with E-state index in [1.165, 1.54) is 0 Å². The molecule has 5 heteroatoms. The molecule has 0 radical (unpaired) electrons. The molecule has 0 aromatic heterocycles. The third kappa shape index (κ3) is 4.59. The Bertz CT molecular complexity index is 431. The minimum absolute atomic E-state index is 0.173. The van der Waals surface area contributed by atoms with Crippen LogP contribution in [0.25, 0.3) is 0 Å². The molecular formula is C16H27N3O2. The zero-order valence-corrected chi connectivity index (χ0v) is 13.0. The fourth-order valence-electron chi connectivity index (χ4n) is 2.62. The number of nitrogens with two attached hydrogens (primary N) is 1. The summed E-state index contributed by atoms with van der Waals surface area (Å²) in [5.41, 5.74) is 6.63. The molecule has 3 N–H and O–H groups in total. The molecule has 0 bridgehead atoms. The van der Waals surface area contributed by atoms with Crippen LogP contribution in [-0.4, -0.2) is 61.5 Å². The Balaban J connectivity index is 1.96. The van der Waals surface area contributed by atoms with Gasteiger partial charge in [0.25, 0.3) is 0 Å². The van der Waals surface area contributed by atoms with Gasteiger partial charge in [-0.1, -0.05) is 12.1 Å². The Labute approximate surface area is 127 Å². The van der Waals surface area contributed by atoms with E-state index in [1.807, 2.05) is 32.0 Å². The molecule has 0 saturated carbocycles. The van der Waals surface area contributed by atoms with Crippen molar-refractivity contribution in [2.45, 2.75) is 26.1 Å². The fourth-order valence-corrected chi connectivity index (χ4v) is 2.62. The number of aliphatic hydroxyl groups excluding tert-OH is 1. The van der Waals surface area contributed by atoms with Gasteiger partial charge in [0.1, 0.15) is 5.75 Å². The topological polar surface area (TPSA) is 62.0 Å². The van der Waals surface area contributed by atoms with E-state index in [4.69, 9.17) is 10.5 Å². The highest BCUT2D eigenvalue weighted by Crippen LogP contribution is 2.29. The number of aliphatic hydroxyl groups is 1. The quantitative estimate of drug-likeness (QED) is 0.816. The smallest absolute Gasteiger partial charge is 0.142 e. The van der Waals surface area contributed by atoms with Crippen molar-refractivity contribution >= 4 is 5.69 Å². The molecule has 118 valence electrons. The summed E-state index contributed by atoms with van der Waals surface area (Å²) in [6.07, 6.45) is -0.250. The van der Waals surface area contributed by atoms with Crippen molar-refractivity contribution < 1.29 is 9.84 Å². The molecule has 1 aliphatic rings. The summed E-state index contributed by atoms with van der Waals surface area (Å²) >= 11 is 0. The van der Waals surface area contributed by atoms with Gasteiger partial charge in [0.05, 0.1) is 17.9 Å². The second kappa shape index (κ2) is 7.64. The van der Waals surface area contributed by atoms with E-state index in [-0.39, 0.29) is 6.10 Å². The number of hydrogen-bond donors (Lipinski definition) is 2. The largest absolute Gasteiger partial charge is 0.489 e. The first-order valence-electron chi connectivity index (χ1n) is 7.71. The second-order valence-electron chi connectivity index (χ2n) is 5.81. The van der Waals surface area contributed by atoms with E-state index in [2.05, 4.69) is 15.9 Å². The summed E-state index contributed by atoms with van der Waals surface area (Å²) in [5, 5.41) is 9.64. The summed E-state index contributed by atoms with van der Waals surface area (Å²) in [4.78, 5) is 4.61. The number of anilines is 1. The number of nitrogens with zero attached hydrogens (tertiary/aromatic N) is 2. The van der Waals surface area contributed by atoms with Crippen LogP contribution in [0.1, 0.15) is 13.8 Å².